The average molecular weight is 403 g/mol. The molecule has 150 valence electrons. The molecule has 1 saturated heterocycles. The largest absolute Gasteiger partial charge is 0.383 e. The van der Waals surface area contributed by atoms with Crippen molar-refractivity contribution < 1.29 is 31.9 Å². The Kier molecular flexibility index (Phi) is 7.66. The van der Waals surface area contributed by atoms with Crippen molar-refractivity contribution in [2.75, 3.05) is 40.0 Å². The van der Waals surface area contributed by atoms with E-state index in [1.165, 1.54) is 7.11 Å². The number of nitrogens with zero attached hydrogens (tertiary/aromatic N) is 1. The summed E-state index contributed by atoms with van der Waals surface area (Å²) < 4.78 is 49.9. The van der Waals surface area contributed by atoms with Crippen molar-refractivity contribution in [2.24, 2.45) is 0 Å². The maximum absolute atomic E-state index is 13.1. The first-order valence-electron chi connectivity index (χ1n) is 8.30. The van der Waals surface area contributed by atoms with E-state index in [9.17, 15) is 22.4 Å². The van der Waals surface area contributed by atoms with Gasteiger partial charge < -0.3 is 20.1 Å². The SMILES string of the molecule is COCCNC(=O)C(=O)NC[C@H]1OCCCN1S(=O)(=O)c1ccc(F)cc1. The Morgan fingerprint density at radius 1 is 1.26 bits per heavy atom. The van der Waals surface area contributed by atoms with Crippen LogP contribution in [-0.4, -0.2) is 70.7 Å². The van der Waals surface area contributed by atoms with E-state index in [0.717, 1.165) is 28.6 Å². The third-order valence-corrected chi connectivity index (χ3v) is 5.71. The number of hydrogen-bond donors (Lipinski definition) is 2. The Hall–Kier alpha value is -2.08. The fraction of sp³-hybridized carbons (Fsp3) is 0.500. The molecule has 0 bridgehead atoms. The summed E-state index contributed by atoms with van der Waals surface area (Å²) in [5.74, 6) is -2.30. The molecule has 1 aliphatic heterocycles. The van der Waals surface area contributed by atoms with Gasteiger partial charge >= 0.3 is 11.8 Å². The summed E-state index contributed by atoms with van der Waals surface area (Å²) in [6.45, 7) is 0.732. The molecule has 0 radical (unpaired) electrons. The number of ether oxygens (including phenoxy) is 2. The zero-order chi connectivity index (χ0) is 19.9. The summed E-state index contributed by atoms with van der Waals surface area (Å²) in [6.07, 6.45) is -0.493. The van der Waals surface area contributed by atoms with Crippen LogP contribution in [0.4, 0.5) is 4.39 Å². The number of benzene rings is 1. The lowest BCUT2D eigenvalue weighted by Gasteiger charge is -2.34. The van der Waals surface area contributed by atoms with Crippen molar-refractivity contribution in [1.29, 1.82) is 0 Å². The molecule has 0 aliphatic carbocycles. The quantitative estimate of drug-likeness (QED) is 0.466. The molecule has 1 atom stereocenters. The molecule has 2 rings (SSSR count). The number of amides is 2. The third kappa shape index (κ3) is 5.70. The molecule has 9 nitrogen and oxygen atoms in total. The molecule has 1 heterocycles. The van der Waals surface area contributed by atoms with Crippen LogP contribution in [0.5, 0.6) is 0 Å². The standard InChI is InChI=1S/C16H22FN3O6S/c1-25-10-7-18-15(21)16(22)19-11-14-20(8-2-9-26-14)27(23,24)13-5-3-12(17)4-6-13/h3-6,14H,2,7-11H2,1H3,(H,18,21)(H,19,22)/t14-/m1/s1. The topological polar surface area (TPSA) is 114 Å². The predicted molar refractivity (Wildman–Crippen MR) is 92.5 cm³/mol. The van der Waals surface area contributed by atoms with Crippen LogP contribution >= 0.6 is 0 Å². The number of nitrogens with one attached hydrogen (secondary N) is 2. The van der Waals surface area contributed by atoms with Crippen molar-refractivity contribution in [3.8, 4) is 0 Å². The van der Waals surface area contributed by atoms with Crippen LogP contribution in [0.25, 0.3) is 0 Å². The Labute approximate surface area is 156 Å². The van der Waals surface area contributed by atoms with Crippen molar-refractivity contribution >= 4 is 21.8 Å². The molecule has 27 heavy (non-hydrogen) atoms. The second kappa shape index (κ2) is 9.74. The summed E-state index contributed by atoms with van der Waals surface area (Å²) in [4.78, 5) is 23.4. The van der Waals surface area contributed by atoms with Crippen LogP contribution < -0.4 is 10.6 Å². The van der Waals surface area contributed by atoms with Gasteiger partial charge in [-0.05, 0) is 30.7 Å². The first-order chi connectivity index (χ1) is 12.9. The number of rotatable bonds is 7. The Bertz CT molecular complexity index is 756. The van der Waals surface area contributed by atoms with Crippen LogP contribution in [-0.2, 0) is 29.1 Å². The van der Waals surface area contributed by atoms with Gasteiger partial charge in [0.25, 0.3) is 0 Å². The molecule has 1 aliphatic rings. The zero-order valence-corrected chi connectivity index (χ0v) is 15.6. The molecule has 1 aromatic carbocycles. The number of methoxy groups -OCH3 is 1. The maximum Gasteiger partial charge on any atom is 0.309 e. The molecule has 0 spiro atoms. The molecular weight excluding hydrogens is 381 g/mol. The van der Waals surface area contributed by atoms with E-state index in [4.69, 9.17) is 9.47 Å². The zero-order valence-electron chi connectivity index (χ0n) is 14.8. The van der Waals surface area contributed by atoms with Crippen LogP contribution in [0.3, 0.4) is 0 Å². The number of carbonyl (C=O) groups excluding carboxylic acids is 2. The van der Waals surface area contributed by atoms with Crippen LogP contribution in [0.1, 0.15) is 6.42 Å². The van der Waals surface area contributed by atoms with Crippen LogP contribution in [0.2, 0.25) is 0 Å². The molecule has 11 heteroatoms. The summed E-state index contributed by atoms with van der Waals surface area (Å²) >= 11 is 0. The van der Waals surface area contributed by atoms with E-state index < -0.39 is 33.9 Å². The van der Waals surface area contributed by atoms with Crippen molar-refractivity contribution in [1.82, 2.24) is 14.9 Å². The van der Waals surface area contributed by atoms with Gasteiger partial charge in [0.05, 0.1) is 24.7 Å². The highest BCUT2D eigenvalue weighted by Crippen LogP contribution is 2.22. The lowest BCUT2D eigenvalue weighted by atomic mass is 10.3. The minimum absolute atomic E-state index is 0.0805. The van der Waals surface area contributed by atoms with Gasteiger partial charge in [-0.3, -0.25) is 9.59 Å². The maximum atomic E-state index is 13.1. The Morgan fingerprint density at radius 3 is 2.59 bits per heavy atom. The third-order valence-electron chi connectivity index (χ3n) is 3.81. The monoisotopic (exact) mass is 403 g/mol. The number of sulfonamides is 1. The van der Waals surface area contributed by atoms with Crippen molar-refractivity contribution in [3.63, 3.8) is 0 Å². The van der Waals surface area contributed by atoms with Gasteiger partial charge in [-0.2, -0.15) is 4.31 Å². The highest BCUT2D eigenvalue weighted by molar-refractivity contribution is 7.89. The summed E-state index contributed by atoms with van der Waals surface area (Å²) in [5, 5.41) is 4.72. The summed E-state index contributed by atoms with van der Waals surface area (Å²) in [7, 11) is -2.48. The van der Waals surface area contributed by atoms with E-state index >= 15 is 0 Å². The average Bonchev–Trinajstić information content (AvgIpc) is 2.66. The van der Waals surface area contributed by atoms with Gasteiger partial charge in [-0.1, -0.05) is 0 Å². The molecular formula is C16H22FN3O6S. The van der Waals surface area contributed by atoms with E-state index in [0.29, 0.717) is 13.0 Å². The van der Waals surface area contributed by atoms with Gasteiger partial charge in [0.1, 0.15) is 12.0 Å². The minimum atomic E-state index is -3.94. The molecule has 1 aromatic rings. The van der Waals surface area contributed by atoms with Gasteiger partial charge in [0.15, 0.2) is 0 Å². The van der Waals surface area contributed by atoms with Gasteiger partial charge in [-0.15, -0.1) is 0 Å². The molecule has 2 amide bonds. The normalized spacial score (nSPS) is 18.1. The van der Waals surface area contributed by atoms with E-state index in [1.54, 1.807) is 0 Å². The fourth-order valence-electron chi connectivity index (χ4n) is 2.45. The molecule has 1 fully saturated rings. The summed E-state index contributed by atoms with van der Waals surface area (Å²) in [5.41, 5.74) is 0. The Morgan fingerprint density at radius 2 is 1.93 bits per heavy atom. The van der Waals surface area contributed by atoms with E-state index in [-0.39, 0.29) is 31.1 Å². The second-order valence-corrected chi connectivity index (χ2v) is 7.60. The molecule has 0 saturated carbocycles. The van der Waals surface area contributed by atoms with Crippen molar-refractivity contribution in [2.45, 2.75) is 17.5 Å². The first-order valence-corrected chi connectivity index (χ1v) is 9.74. The van der Waals surface area contributed by atoms with Gasteiger partial charge in [0, 0.05) is 20.2 Å². The second-order valence-electron chi connectivity index (χ2n) is 5.71. The van der Waals surface area contributed by atoms with E-state index in [2.05, 4.69) is 10.6 Å². The van der Waals surface area contributed by atoms with Gasteiger partial charge in [-0.25, -0.2) is 12.8 Å². The smallest absolute Gasteiger partial charge is 0.309 e. The van der Waals surface area contributed by atoms with Crippen LogP contribution in [0.15, 0.2) is 29.2 Å². The first kappa shape index (κ1) is 21.2. The molecule has 0 unspecified atom stereocenters. The lowest BCUT2D eigenvalue weighted by Crippen LogP contribution is -2.53. The molecule has 0 aromatic heterocycles. The number of carbonyl (C=O) groups is 2. The fourth-order valence-corrected chi connectivity index (χ4v) is 4.02. The van der Waals surface area contributed by atoms with E-state index in [1.807, 2.05) is 0 Å². The Balaban J connectivity index is 2.01. The van der Waals surface area contributed by atoms with Gasteiger partial charge in [0.2, 0.25) is 10.0 Å². The van der Waals surface area contributed by atoms with Crippen molar-refractivity contribution in [3.05, 3.63) is 30.1 Å². The molecule has 2 N–H and O–H groups in total. The van der Waals surface area contributed by atoms with Crippen LogP contribution in [0, 0.1) is 5.82 Å². The number of hydrogen-bond acceptors (Lipinski definition) is 6. The predicted octanol–water partition coefficient (Wildman–Crippen LogP) is -0.558. The highest BCUT2D eigenvalue weighted by Gasteiger charge is 2.34. The number of halogens is 1. The highest BCUT2D eigenvalue weighted by atomic mass is 32.2. The summed E-state index contributed by atoms with van der Waals surface area (Å²) in [6, 6.07) is 4.44. The lowest BCUT2D eigenvalue weighted by molar-refractivity contribution is -0.140. The minimum Gasteiger partial charge on any atom is -0.383 e.